The van der Waals surface area contributed by atoms with Gasteiger partial charge in [0, 0.05) is 16.7 Å². The average Bonchev–Trinajstić information content (AvgIpc) is 2.74. The summed E-state index contributed by atoms with van der Waals surface area (Å²) in [6.07, 6.45) is 0. The molecule has 0 saturated heterocycles. The van der Waals surface area contributed by atoms with Crippen molar-refractivity contribution in [2.24, 2.45) is 0 Å². The minimum Gasteiger partial charge on any atom is -0.496 e. The van der Waals surface area contributed by atoms with Crippen molar-refractivity contribution in [3.63, 3.8) is 0 Å². The van der Waals surface area contributed by atoms with Gasteiger partial charge in [-0.25, -0.2) is 0 Å². The molecule has 2 N–H and O–H groups in total. The molecule has 1 amide bonds. The van der Waals surface area contributed by atoms with E-state index in [1.165, 1.54) is 14.2 Å². The molecule has 2 aromatic rings. The largest absolute Gasteiger partial charge is 0.496 e. The fourth-order valence-electron chi connectivity index (χ4n) is 2.96. The molecule has 3 rings (SSSR count). The first-order valence-electron chi connectivity index (χ1n) is 7.96. The molecule has 7 heteroatoms. The molecule has 136 valence electrons. The molecule has 0 aliphatic carbocycles. The van der Waals surface area contributed by atoms with Gasteiger partial charge in [-0.15, -0.1) is 0 Å². The minimum absolute atomic E-state index is 0.259. The Bertz CT molecular complexity index is 909. The zero-order valence-electron chi connectivity index (χ0n) is 14.9. The Morgan fingerprint density at radius 1 is 1.04 bits per heavy atom. The van der Waals surface area contributed by atoms with Crippen LogP contribution in [0.5, 0.6) is 5.75 Å². The zero-order valence-corrected chi connectivity index (χ0v) is 15.7. The third kappa shape index (κ3) is 2.97. The number of hydrogen-bond donors (Lipinski definition) is 2. The van der Waals surface area contributed by atoms with Gasteiger partial charge in [0.25, 0.3) is 5.91 Å². The second-order valence-electron chi connectivity index (χ2n) is 6.48. The molecule has 0 spiro atoms. The van der Waals surface area contributed by atoms with Gasteiger partial charge < -0.3 is 20.1 Å². The highest BCUT2D eigenvalue weighted by Crippen LogP contribution is 2.42. The van der Waals surface area contributed by atoms with E-state index in [1.54, 1.807) is 44.2 Å². The summed E-state index contributed by atoms with van der Waals surface area (Å²) in [5, 5.41) is 6.58. The molecule has 2 aromatic carbocycles. The van der Waals surface area contributed by atoms with Gasteiger partial charge in [0.1, 0.15) is 5.75 Å². The highest BCUT2D eigenvalue weighted by atomic mass is 35.5. The quantitative estimate of drug-likeness (QED) is 0.791. The molecule has 0 fully saturated rings. The van der Waals surface area contributed by atoms with Gasteiger partial charge in [0.15, 0.2) is 0 Å². The topological polar surface area (TPSA) is 76.7 Å². The Balaban J connectivity index is 2.18. The Morgan fingerprint density at radius 2 is 1.73 bits per heavy atom. The maximum Gasteiger partial charge on any atom is 0.315 e. The van der Waals surface area contributed by atoms with Gasteiger partial charge in [-0.3, -0.25) is 9.59 Å². The molecule has 0 saturated carbocycles. The second kappa shape index (κ2) is 6.53. The number of benzene rings is 2. The number of hydrogen-bond acceptors (Lipinski definition) is 5. The van der Waals surface area contributed by atoms with Gasteiger partial charge in [-0.2, -0.15) is 0 Å². The van der Waals surface area contributed by atoms with Crippen molar-refractivity contribution < 1.29 is 19.1 Å². The number of nitrogens with one attached hydrogen (secondary N) is 2. The van der Waals surface area contributed by atoms with E-state index in [0.717, 1.165) is 0 Å². The molecule has 1 aliphatic rings. The van der Waals surface area contributed by atoms with Crippen molar-refractivity contribution in [1.82, 2.24) is 0 Å². The summed E-state index contributed by atoms with van der Waals surface area (Å²) in [6, 6.07) is 8.46. The van der Waals surface area contributed by atoms with E-state index >= 15 is 0 Å². The molecule has 26 heavy (non-hydrogen) atoms. The number of fused-ring (bicyclic) bond motifs is 2. The van der Waals surface area contributed by atoms with E-state index in [-0.39, 0.29) is 5.91 Å². The molecule has 1 aliphatic heterocycles. The smallest absolute Gasteiger partial charge is 0.315 e. The number of ether oxygens (including phenoxy) is 2. The van der Waals surface area contributed by atoms with E-state index in [1.807, 2.05) is 0 Å². The molecule has 0 radical (unpaired) electrons. The maximum absolute atomic E-state index is 12.5. The lowest BCUT2D eigenvalue weighted by atomic mass is 9.83. The maximum atomic E-state index is 12.5. The van der Waals surface area contributed by atoms with Crippen LogP contribution in [0.4, 0.5) is 17.1 Å². The Hall–Kier alpha value is -2.73. The highest BCUT2D eigenvalue weighted by molar-refractivity contribution is 6.31. The zero-order chi connectivity index (χ0) is 19.1. The van der Waals surface area contributed by atoms with Gasteiger partial charge in [0.2, 0.25) is 0 Å². The van der Waals surface area contributed by atoms with Crippen molar-refractivity contribution in [3.8, 4) is 5.75 Å². The summed E-state index contributed by atoms with van der Waals surface area (Å²) in [5.74, 6) is -0.174. The number of esters is 1. The molecule has 0 bridgehead atoms. The first-order valence-corrected chi connectivity index (χ1v) is 8.34. The van der Waals surface area contributed by atoms with Crippen LogP contribution < -0.4 is 15.4 Å². The standard InChI is InChI=1S/C19H19ClN2O4/c1-19(2,18(24)26-4)12-8-14-15(9-16(12)25-3)22-17(23)11-6-5-10(20)7-13(11)21-14/h5-9,21H,1-4H3,(H,22,23). The molecular formula is C19H19ClN2O4. The van der Waals surface area contributed by atoms with Crippen LogP contribution in [-0.2, 0) is 14.9 Å². The fourth-order valence-corrected chi connectivity index (χ4v) is 3.13. The van der Waals surface area contributed by atoms with Crippen LogP contribution in [0.15, 0.2) is 30.3 Å². The number of methoxy groups -OCH3 is 2. The van der Waals surface area contributed by atoms with Crippen LogP contribution in [0.3, 0.4) is 0 Å². The summed E-state index contributed by atoms with van der Waals surface area (Å²) in [5.41, 5.74) is 1.93. The molecule has 0 aromatic heterocycles. The SMILES string of the molecule is COC(=O)C(C)(C)c1cc2c(cc1OC)NC(=O)c1ccc(Cl)cc1N2. The van der Waals surface area contributed by atoms with E-state index in [0.29, 0.717) is 39.0 Å². The van der Waals surface area contributed by atoms with Gasteiger partial charge in [-0.1, -0.05) is 11.6 Å². The minimum atomic E-state index is -0.940. The number of anilines is 3. The second-order valence-corrected chi connectivity index (χ2v) is 6.92. The van der Waals surface area contributed by atoms with Crippen LogP contribution in [-0.4, -0.2) is 26.1 Å². The van der Waals surface area contributed by atoms with E-state index in [9.17, 15) is 9.59 Å². The fraction of sp³-hybridized carbons (Fsp3) is 0.263. The molecule has 0 atom stereocenters. The van der Waals surface area contributed by atoms with E-state index in [2.05, 4.69) is 10.6 Å². The van der Waals surface area contributed by atoms with Gasteiger partial charge in [0.05, 0.1) is 42.3 Å². The first-order chi connectivity index (χ1) is 12.3. The Labute approximate surface area is 156 Å². The van der Waals surface area contributed by atoms with Crippen molar-refractivity contribution in [1.29, 1.82) is 0 Å². The number of carbonyl (C=O) groups is 2. The van der Waals surface area contributed by atoms with E-state index in [4.69, 9.17) is 21.1 Å². The summed E-state index contributed by atoms with van der Waals surface area (Å²) in [6.45, 7) is 3.51. The van der Waals surface area contributed by atoms with Gasteiger partial charge >= 0.3 is 5.97 Å². The predicted molar refractivity (Wildman–Crippen MR) is 101 cm³/mol. The van der Waals surface area contributed by atoms with Crippen molar-refractivity contribution in [2.75, 3.05) is 24.9 Å². The van der Waals surface area contributed by atoms with Crippen LogP contribution in [0, 0.1) is 0 Å². The lowest BCUT2D eigenvalue weighted by molar-refractivity contribution is -0.146. The number of amides is 1. The number of carbonyl (C=O) groups excluding carboxylic acids is 2. The third-order valence-corrected chi connectivity index (χ3v) is 4.69. The van der Waals surface area contributed by atoms with E-state index < -0.39 is 11.4 Å². The summed E-state index contributed by atoms with van der Waals surface area (Å²) in [7, 11) is 2.86. The van der Waals surface area contributed by atoms with Crippen molar-refractivity contribution >= 4 is 40.5 Å². The van der Waals surface area contributed by atoms with Crippen LogP contribution in [0.1, 0.15) is 29.8 Å². The lowest BCUT2D eigenvalue weighted by Gasteiger charge is -2.26. The predicted octanol–water partition coefficient (Wildman–Crippen LogP) is 4.11. The molecule has 0 unspecified atom stereocenters. The summed E-state index contributed by atoms with van der Waals surface area (Å²) >= 11 is 6.06. The summed E-state index contributed by atoms with van der Waals surface area (Å²) in [4.78, 5) is 24.8. The average molecular weight is 375 g/mol. The van der Waals surface area contributed by atoms with Crippen LogP contribution >= 0.6 is 11.6 Å². The number of rotatable bonds is 3. The van der Waals surface area contributed by atoms with Crippen LogP contribution in [0.25, 0.3) is 0 Å². The highest BCUT2D eigenvalue weighted by Gasteiger charge is 2.35. The Kier molecular flexibility index (Phi) is 4.54. The van der Waals surface area contributed by atoms with Crippen molar-refractivity contribution in [3.05, 3.63) is 46.5 Å². The number of halogens is 1. The third-order valence-electron chi connectivity index (χ3n) is 4.45. The first kappa shape index (κ1) is 18.1. The molecule has 6 nitrogen and oxygen atoms in total. The lowest BCUT2D eigenvalue weighted by Crippen LogP contribution is -2.30. The molecular weight excluding hydrogens is 356 g/mol. The summed E-state index contributed by atoms with van der Waals surface area (Å²) < 4.78 is 10.4. The Morgan fingerprint density at radius 3 is 2.38 bits per heavy atom. The van der Waals surface area contributed by atoms with Crippen LogP contribution in [0.2, 0.25) is 5.02 Å². The van der Waals surface area contributed by atoms with Gasteiger partial charge in [-0.05, 0) is 38.1 Å². The monoisotopic (exact) mass is 374 g/mol. The normalized spacial score (nSPS) is 12.9. The van der Waals surface area contributed by atoms with Crippen molar-refractivity contribution in [2.45, 2.75) is 19.3 Å². The molecule has 1 heterocycles.